The minimum absolute atomic E-state index is 0.179. The lowest BCUT2D eigenvalue weighted by atomic mass is 9.77. The Morgan fingerprint density at radius 2 is 1.90 bits per heavy atom. The fraction of sp³-hybridized carbons (Fsp3) is 1.00. The van der Waals surface area contributed by atoms with E-state index in [2.05, 4.69) is 12.1 Å². The summed E-state index contributed by atoms with van der Waals surface area (Å²) >= 11 is 0. The Hall–Kier alpha value is -0.400. The van der Waals surface area contributed by atoms with Crippen molar-refractivity contribution >= 4 is 0 Å². The predicted molar refractivity (Wildman–Crippen MR) is 39.6 cm³/mol. The van der Waals surface area contributed by atoms with Crippen molar-refractivity contribution in [2.75, 3.05) is 0 Å². The molecule has 0 heterocycles. The van der Waals surface area contributed by atoms with Gasteiger partial charge in [0.25, 0.3) is 0 Å². The summed E-state index contributed by atoms with van der Waals surface area (Å²) in [5.74, 6) is 2.76. The van der Waals surface area contributed by atoms with E-state index >= 15 is 0 Å². The van der Waals surface area contributed by atoms with Crippen LogP contribution in [-0.2, 0) is 0 Å². The van der Waals surface area contributed by atoms with Crippen LogP contribution in [0.5, 0.6) is 0 Å². The van der Waals surface area contributed by atoms with Crippen molar-refractivity contribution in [1.29, 1.82) is 0 Å². The lowest BCUT2D eigenvalue weighted by Gasteiger charge is -2.30. The van der Waals surface area contributed by atoms with E-state index in [9.17, 15) is 4.91 Å². The Kier molecular flexibility index (Phi) is 1.29. The van der Waals surface area contributed by atoms with Crippen molar-refractivity contribution in [3.63, 3.8) is 0 Å². The highest BCUT2D eigenvalue weighted by Gasteiger charge is 2.45. The van der Waals surface area contributed by atoms with Gasteiger partial charge in [-0.05, 0) is 37.0 Å². The van der Waals surface area contributed by atoms with Crippen molar-refractivity contribution in [1.82, 2.24) is 0 Å². The fourth-order valence-electron chi connectivity index (χ4n) is 2.07. The zero-order valence-corrected chi connectivity index (χ0v) is 6.29. The van der Waals surface area contributed by atoms with E-state index in [4.69, 9.17) is 0 Å². The van der Waals surface area contributed by atoms with Gasteiger partial charge in [0, 0.05) is 0 Å². The summed E-state index contributed by atoms with van der Waals surface area (Å²) in [4.78, 5) is 10.0. The molecule has 2 aliphatic rings. The van der Waals surface area contributed by atoms with E-state index in [1.54, 1.807) is 0 Å². The number of rotatable bonds is 2. The minimum Gasteiger partial charge on any atom is -0.151 e. The van der Waals surface area contributed by atoms with Crippen LogP contribution in [0.1, 0.15) is 26.2 Å². The smallest absolute Gasteiger partial charge is 0.0925 e. The third kappa shape index (κ3) is 0.862. The molecule has 0 aromatic rings. The molecule has 0 aliphatic heterocycles. The summed E-state index contributed by atoms with van der Waals surface area (Å²) in [5, 5.41) is 3.03. The van der Waals surface area contributed by atoms with E-state index in [-0.39, 0.29) is 6.04 Å². The summed E-state index contributed by atoms with van der Waals surface area (Å²) in [6, 6.07) is 0.179. The quantitative estimate of drug-likeness (QED) is 0.539. The van der Waals surface area contributed by atoms with Crippen molar-refractivity contribution < 1.29 is 0 Å². The number of hydrogen-bond acceptors (Lipinski definition) is 2. The highest BCUT2D eigenvalue weighted by Crippen LogP contribution is 2.51. The topological polar surface area (TPSA) is 29.4 Å². The van der Waals surface area contributed by atoms with E-state index in [1.165, 1.54) is 6.42 Å². The van der Waals surface area contributed by atoms with Gasteiger partial charge in [-0.15, -0.1) is 0 Å². The molecule has 0 aromatic carbocycles. The molecule has 0 amide bonds. The molecular formula is C8H13NO. The third-order valence-electron chi connectivity index (χ3n) is 3.08. The second-order valence-corrected chi connectivity index (χ2v) is 3.87. The molecule has 1 unspecified atom stereocenters. The Morgan fingerprint density at radius 1 is 1.30 bits per heavy atom. The molecule has 2 saturated carbocycles. The zero-order chi connectivity index (χ0) is 7.14. The summed E-state index contributed by atoms with van der Waals surface area (Å²) in [7, 11) is 0. The summed E-state index contributed by atoms with van der Waals surface area (Å²) in [5.41, 5.74) is 0. The second-order valence-electron chi connectivity index (χ2n) is 3.87. The molecule has 10 heavy (non-hydrogen) atoms. The molecule has 2 heteroatoms. The maximum atomic E-state index is 10.0. The van der Waals surface area contributed by atoms with E-state index in [0.29, 0.717) is 0 Å². The Labute approximate surface area is 61.0 Å². The summed E-state index contributed by atoms with van der Waals surface area (Å²) < 4.78 is 0. The maximum Gasteiger partial charge on any atom is 0.0925 e. The molecule has 2 atom stereocenters. The predicted octanol–water partition coefficient (Wildman–Crippen LogP) is 2.19. The molecule has 2 nitrogen and oxygen atoms in total. The fourth-order valence-corrected chi connectivity index (χ4v) is 2.07. The molecular weight excluding hydrogens is 126 g/mol. The van der Waals surface area contributed by atoms with Gasteiger partial charge in [0.2, 0.25) is 0 Å². The van der Waals surface area contributed by atoms with Crippen LogP contribution in [0, 0.1) is 22.7 Å². The lowest BCUT2D eigenvalue weighted by molar-refractivity contribution is 0.227. The van der Waals surface area contributed by atoms with Crippen LogP contribution in [0.4, 0.5) is 0 Å². The highest BCUT2D eigenvalue weighted by molar-refractivity contribution is 4.97. The van der Waals surface area contributed by atoms with Crippen molar-refractivity contribution in [2.24, 2.45) is 22.9 Å². The Balaban J connectivity index is 1.76. The van der Waals surface area contributed by atoms with Crippen LogP contribution in [0.15, 0.2) is 5.18 Å². The van der Waals surface area contributed by atoms with Crippen LogP contribution in [0.2, 0.25) is 0 Å². The van der Waals surface area contributed by atoms with Gasteiger partial charge in [0.1, 0.15) is 0 Å². The molecule has 0 spiro atoms. The van der Waals surface area contributed by atoms with Gasteiger partial charge in [-0.3, -0.25) is 0 Å². The van der Waals surface area contributed by atoms with Crippen molar-refractivity contribution in [2.45, 2.75) is 32.2 Å². The van der Waals surface area contributed by atoms with Crippen molar-refractivity contribution in [3.8, 4) is 0 Å². The first-order valence-electron chi connectivity index (χ1n) is 4.13. The van der Waals surface area contributed by atoms with Crippen molar-refractivity contribution in [3.05, 3.63) is 4.91 Å². The second kappa shape index (κ2) is 2.04. The van der Waals surface area contributed by atoms with Gasteiger partial charge < -0.3 is 0 Å². The van der Waals surface area contributed by atoms with Gasteiger partial charge in [0.05, 0.1) is 6.04 Å². The first-order chi connectivity index (χ1) is 4.81. The van der Waals surface area contributed by atoms with E-state index < -0.39 is 0 Å². The average Bonchev–Trinajstić information content (AvgIpc) is 2.45. The largest absolute Gasteiger partial charge is 0.151 e. The molecule has 0 saturated heterocycles. The maximum absolute atomic E-state index is 10.0. The molecule has 2 rings (SSSR count). The van der Waals surface area contributed by atoms with Crippen LogP contribution in [0.3, 0.4) is 0 Å². The lowest BCUT2D eigenvalue weighted by Crippen LogP contribution is -2.28. The van der Waals surface area contributed by atoms with E-state index in [1.807, 2.05) is 0 Å². The summed E-state index contributed by atoms with van der Waals surface area (Å²) in [6.07, 6.45) is 3.56. The van der Waals surface area contributed by atoms with Gasteiger partial charge >= 0.3 is 0 Å². The normalized spacial score (nSPS) is 51.7. The van der Waals surface area contributed by atoms with Gasteiger partial charge in [-0.1, -0.05) is 12.1 Å². The molecule has 0 N–H and O–H groups in total. The average molecular weight is 139 g/mol. The first kappa shape index (κ1) is 6.32. The SMILES string of the molecule is C[C@@H]1CC1C1CC(N=O)C1. The Morgan fingerprint density at radius 3 is 2.30 bits per heavy atom. The number of nitrogens with zero attached hydrogens (tertiary/aromatic N) is 1. The molecule has 0 bridgehead atoms. The van der Waals surface area contributed by atoms with Crippen LogP contribution in [-0.4, -0.2) is 6.04 Å². The zero-order valence-electron chi connectivity index (χ0n) is 6.29. The van der Waals surface area contributed by atoms with Gasteiger partial charge in [-0.2, -0.15) is 4.91 Å². The van der Waals surface area contributed by atoms with Gasteiger partial charge in [-0.25, -0.2) is 0 Å². The third-order valence-corrected chi connectivity index (χ3v) is 3.08. The standard InChI is InChI=1S/C8H13NO/c1-5-2-8(5)6-3-7(4-6)9-10/h5-8H,2-4H2,1H3/t5-,6?,7?,8?/m1/s1. The van der Waals surface area contributed by atoms with Gasteiger partial charge in [0.15, 0.2) is 0 Å². The molecule has 56 valence electrons. The minimum atomic E-state index is 0.179. The number of hydrogen-bond donors (Lipinski definition) is 0. The molecule has 0 radical (unpaired) electrons. The highest BCUT2D eigenvalue weighted by atomic mass is 16.3. The monoisotopic (exact) mass is 139 g/mol. The molecule has 0 aromatic heterocycles. The number of nitroso groups, excluding NO2 is 1. The first-order valence-corrected chi connectivity index (χ1v) is 4.13. The summed E-state index contributed by atoms with van der Waals surface area (Å²) in [6.45, 7) is 2.30. The van der Waals surface area contributed by atoms with Crippen LogP contribution in [0.25, 0.3) is 0 Å². The Bertz CT molecular complexity index is 151. The molecule has 2 aliphatic carbocycles. The van der Waals surface area contributed by atoms with Crippen LogP contribution >= 0.6 is 0 Å². The van der Waals surface area contributed by atoms with E-state index in [0.717, 1.165) is 30.6 Å². The van der Waals surface area contributed by atoms with Crippen LogP contribution < -0.4 is 0 Å². The molecule has 2 fully saturated rings.